The zero-order valence-corrected chi connectivity index (χ0v) is 12.4. The fraction of sp³-hybridized carbons (Fsp3) is 0.333. The molecule has 6 nitrogen and oxygen atoms in total. The second-order valence-corrected chi connectivity index (χ2v) is 4.59. The van der Waals surface area contributed by atoms with Gasteiger partial charge in [0.2, 0.25) is 0 Å². The molecule has 2 aromatic rings. The number of rotatable bonds is 7. The summed E-state index contributed by atoms with van der Waals surface area (Å²) in [5, 5.41) is 5.14. The summed E-state index contributed by atoms with van der Waals surface area (Å²) in [5.41, 5.74) is 0.118. The highest BCUT2D eigenvalue weighted by molar-refractivity contribution is 5.89. The van der Waals surface area contributed by atoms with Crippen molar-refractivity contribution in [3.63, 3.8) is 0 Å². The van der Waals surface area contributed by atoms with Crippen LogP contribution in [0.5, 0.6) is 5.75 Å². The van der Waals surface area contributed by atoms with E-state index in [4.69, 9.17) is 4.74 Å². The molecule has 0 aliphatic heterocycles. The van der Waals surface area contributed by atoms with Crippen LogP contribution in [-0.2, 0) is 6.42 Å². The number of halogens is 1. The number of aryl methyl sites for hydroxylation is 1. The number of ether oxygens (including phenoxy) is 1. The number of imidazole rings is 1. The van der Waals surface area contributed by atoms with Crippen LogP contribution in [-0.4, -0.2) is 29.2 Å². The maximum absolute atomic E-state index is 13.8. The number of aromatic nitrogens is 2. The van der Waals surface area contributed by atoms with Crippen molar-refractivity contribution < 1.29 is 13.9 Å². The predicted octanol–water partition coefficient (Wildman–Crippen LogP) is 2.70. The summed E-state index contributed by atoms with van der Waals surface area (Å²) in [6, 6.07) is 3.89. The molecule has 2 rings (SSSR count). The van der Waals surface area contributed by atoms with Crippen molar-refractivity contribution >= 4 is 11.7 Å². The number of urea groups is 1. The Hall–Kier alpha value is -2.57. The van der Waals surface area contributed by atoms with Gasteiger partial charge in [0.1, 0.15) is 17.4 Å². The third-order valence-electron chi connectivity index (χ3n) is 2.93. The summed E-state index contributed by atoms with van der Waals surface area (Å²) < 4.78 is 19.0. The van der Waals surface area contributed by atoms with Crippen molar-refractivity contribution in [2.75, 3.05) is 18.5 Å². The van der Waals surface area contributed by atoms with Crippen LogP contribution in [0, 0.1) is 5.82 Å². The van der Waals surface area contributed by atoms with Crippen LogP contribution in [0.25, 0.3) is 0 Å². The maximum atomic E-state index is 13.8. The highest BCUT2D eigenvalue weighted by Gasteiger charge is 2.07. The third kappa shape index (κ3) is 4.76. The minimum atomic E-state index is -0.531. The van der Waals surface area contributed by atoms with Crippen molar-refractivity contribution in [2.45, 2.75) is 19.8 Å². The lowest BCUT2D eigenvalue weighted by molar-refractivity contribution is 0.252. The Morgan fingerprint density at radius 2 is 2.32 bits per heavy atom. The average Bonchev–Trinajstić information content (AvgIpc) is 3.00. The zero-order valence-electron chi connectivity index (χ0n) is 12.4. The van der Waals surface area contributed by atoms with Gasteiger partial charge in [-0.2, -0.15) is 0 Å². The molecule has 3 N–H and O–H groups in total. The van der Waals surface area contributed by atoms with Crippen molar-refractivity contribution in [1.29, 1.82) is 0 Å². The molecule has 1 heterocycles. The normalized spacial score (nSPS) is 10.3. The van der Waals surface area contributed by atoms with Crippen molar-refractivity contribution in [3.05, 3.63) is 42.2 Å². The van der Waals surface area contributed by atoms with E-state index >= 15 is 0 Å². The largest absolute Gasteiger partial charge is 0.494 e. The number of aromatic amines is 1. The lowest BCUT2D eigenvalue weighted by Gasteiger charge is -2.09. The first-order valence-electron chi connectivity index (χ1n) is 7.14. The molecular formula is C15H19FN4O2. The molecule has 22 heavy (non-hydrogen) atoms. The van der Waals surface area contributed by atoms with Gasteiger partial charge in [0.05, 0.1) is 12.3 Å². The molecule has 0 radical (unpaired) electrons. The van der Waals surface area contributed by atoms with Crippen molar-refractivity contribution in [2.24, 2.45) is 0 Å². The van der Waals surface area contributed by atoms with Gasteiger partial charge in [-0.15, -0.1) is 0 Å². The van der Waals surface area contributed by atoms with E-state index in [2.05, 4.69) is 20.6 Å². The van der Waals surface area contributed by atoms with Gasteiger partial charge in [0, 0.05) is 31.4 Å². The number of carbonyl (C=O) groups excluding carboxylic acids is 1. The van der Waals surface area contributed by atoms with E-state index in [1.165, 1.54) is 12.1 Å². The lowest BCUT2D eigenvalue weighted by Crippen LogP contribution is -2.30. The van der Waals surface area contributed by atoms with Gasteiger partial charge in [0.25, 0.3) is 0 Å². The van der Waals surface area contributed by atoms with E-state index in [9.17, 15) is 9.18 Å². The Balaban J connectivity index is 1.74. The minimum absolute atomic E-state index is 0.118. The molecule has 2 amide bonds. The topological polar surface area (TPSA) is 79.0 Å². The SMILES string of the molecule is CCOc1ccc(NC(=O)NCCCc2ncc[nH]2)c(F)c1. The van der Waals surface area contributed by atoms with Gasteiger partial charge in [-0.05, 0) is 25.5 Å². The van der Waals surface area contributed by atoms with Crippen molar-refractivity contribution in [3.8, 4) is 5.75 Å². The molecule has 1 aromatic carbocycles. The minimum Gasteiger partial charge on any atom is -0.494 e. The molecule has 7 heteroatoms. The molecule has 0 aliphatic rings. The fourth-order valence-corrected chi connectivity index (χ4v) is 1.91. The number of amides is 2. The number of nitrogens with zero attached hydrogens (tertiary/aromatic N) is 1. The Bertz CT molecular complexity index is 602. The number of H-pyrrole nitrogens is 1. The molecule has 0 saturated carbocycles. The highest BCUT2D eigenvalue weighted by Crippen LogP contribution is 2.20. The summed E-state index contributed by atoms with van der Waals surface area (Å²) >= 11 is 0. The zero-order chi connectivity index (χ0) is 15.8. The Morgan fingerprint density at radius 3 is 3.00 bits per heavy atom. The number of anilines is 1. The van der Waals surface area contributed by atoms with Gasteiger partial charge in [0.15, 0.2) is 0 Å². The van der Waals surface area contributed by atoms with E-state index in [0.29, 0.717) is 18.9 Å². The Morgan fingerprint density at radius 1 is 1.45 bits per heavy atom. The Kier molecular flexibility index (Phi) is 5.76. The maximum Gasteiger partial charge on any atom is 0.319 e. The first kappa shape index (κ1) is 15.8. The molecule has 0 fully saturated rings. The van der Waals surface area contributed by atoms with Gasteiger partial charge in [-0.1, -0.05) is 0 Å². The Labute approximate surface area is 128 Å². The quantitative estimate of drug-likeness (QED) is 0.688. The van der Waals surface area contributed by atoms with Crippen molar-refractivity contribution in [1.82, 2.24) is 15.3 Å². The molecule has 1 aromatic heterocycles. The van der Waals surface area contributed by atoms with Crippen LogP contribution >= 0.6 is 0 Å². The van der Waals surface area contributed by atoms with Crippen LogP contribution in [0.1, 0.15) is 19.2 Å². The van der Waals surface area contributed by atoms with E-state index in [1.54, 1.807) is 18.5 Å². The van der Waals surface area contributed by atoms with Gasteiger partial charge in [-0.3, -0.25) is 0 Å². The predicted molar refractivity (Wildman–Crippen MR) is 81.5 cm³/mol. The summed E-state index contributed by atoms with van der Waals surface area (Å²) in [7, 11) is 0. The number of carbonyl (C=O) groups is 1. The first-order valence-corrected chi connectivity index (χ1v) is 7.14. The van der Waals surface area contributed by atoms with Crippen LogP contribution in [0.4, 0.5) is 14.9 Å². The second kappa shape index (κ2) is 8.02. The summed E-state index contributed by atoms with van der Waals surface area (Å²) in [6.45, 7) is 2.76. The standard InChI is InChI=1S/C15H19FN4O2/c1-2-22-11-5-6-13(12(16)10-11)20-15(21)19-7-3-4-14-17-8-9-18-14/h5-6,8-10H,2-4,7H2,1H3,(H,17,18)(H2,19,20,21). The highest BCUT2D eigenvalue weighted by atomic mass is 19.1. The van der Waals surface area contributed by atoms with E-state index < -0.39 is 11.8 Å². The number of hydrogen-bond donors (Lipinski definition) is 3. The number of nitrogens with one attached hydrogen (secondary N) is 3. The van der Waals surface area contributed by atoms with Gasteiger partial charge < -0.3 is 20.4 Å². The lowest BCUT2D eigenvalue weighted by atomic mass is 10.3. The number of hydrogen-bond acceptors (Lipinski definition) is 3. The number of benzene rings is 1. The van der Waals surface area contributed by atoms with Gasteiger partial charge in [-0.25, -0.2) is 14.2 Å². The molecule has 118 valence electrons. The van der Waals surface area contributed by atoms with Crippen LogP contribution in [0.3, 0.4) is 0 Å². The summed E-state index contributed by atoms with van der Waals surface area (Å²) in [5.74, 6) is 0.779. The molecule has 0 spiro atoms. The molecule has 0 atom stereocenters. The first-order chi connectivity index (χ1) is 10.7. The third-order valence-corrected chi connectivity index (χ3v) is 2.93. The van der Waals surface area contributed by atoms with E-state index in [-0.39, 0.29) is 5.69 Å². The van der Waals surface area contributed by atoms with Crippen LogP contribution in [0.2, 0.25) is 0 Å². The molecule has 0 unspecified atom stereocenters. The summed E-state index contributed by atoms with van der Waals surface area (Å²) in [6.07, 6.45) is 4.92. The average molecular weight is 306 g/mol. The molecular weight excluding hydrogens is 287 g/mol. The van der Waals surface area contributed by atoms with E-state index in [1.807, 2.05) is 6.92 Å². The molecule has 0 saturated heterocycles. The molecule has 0 aliphatic carbocycles. The van der Waals surface area contributed by atoms with Gasteiger partial charge >= 0.3 is 6.03 Å². The smallest absolute Gasteiger partial charge is 0.319 e. The monoisotopic (exact) mass is 306 g/mol. The fourth-order valence-electron chi connectivity index (χ4n) is 1.91. The summed E-state index contributed by atoms with van der Waals surface area (Å²) in [4.78, 5) is 18.8. The van der Waals surface area contributed by atoms with E-state index in [0.717, 1.165) is 18.7 Å². The molecule has 0 bridgehead atoms. The second-order valence-electron chi connectivity index (χ2n) is 4.59. The van der Waals surface area contributed by atoms with Crippen LogP contribution in [0.15, 0.2) is 30.6 Å². The van der Waals surface area contributed by atoms with Crippen LogP contribution < -0.4 is 15.4 Å².